The number of nitrogen functional groups attached to an aromatic ring is 1. The first kappa shape index (κ1) is 13.2. The zero-order chi connectivity index (χ0) is 13.1. The molecule has 0 aliphatic carbocycles. The van der Waals surface area contributed by atoms with Gasteiger partial charge in [-0.15, -0.1) is 0 Å². The minimum absolute atomic E-state index is 0.0614. The lowest BCUT2D eigenvalue weighted by Crippen LogP contribution is -2.38. The van der Waals surface area contributed by atoms with Gasteiger partial charge in [-0.1, -0.05) is 24.4 Å². The van der Waals surface area contributed by atoms with Gasteiger partial charge in [-0.05, 0) is 38.0 Å². The Labute approximate surface area is 113 Å². The highest BCUT2D eigenvalue weighted by molar-refractivity contribution is 6.33. The average molecular weight is 267 g/mol. The van der Waals surface area contributed by atoms with Crippen LogP contribution in [0.5, 0.6) is 0 Å². The smallest absolute Gasteiger partial charge is 0.254 e. The van der Waals surface area contributed by atoms with Crippen LogP contribution in [0.3, 0.4) is 0 Å². The molecule has 0 spiro atoms. The number of rotatable bonds is 1. The molecule has 3 nitrogen and oxygen atoms in total. The molecule has 1 heterocycles. The van der Waals surface area contributed by atoms with Crippen LogP contribution >= 0.6 is 11.6 Å². The van der Waals surface area contributed by atoms with E-state index in [1.54, 1.807) is 18.2 Å². The summed E-state index contributed by atoms with van der Waals surface area (Å²) in [7, 11) is 0. The Bertz CT molecular complexity index is 447. The molecule has 2 rings (SSSR count). The van der Waals surface area contributed by atoms with Crippen LogP contribution in [0.15, 0.2) is 18.2 Å². The first-order valence-corrected chi connectivity index (χ1v) is 6.83. The number of hydrogen-bond acceptors (Lipinski definition) is 2. The summed E-state index contributed by atoms with van der Waals surface area (Å²) in [6.07, 6.45) is 4.57. The Balaban J connectivity index is 2.21. The lowest BCUT2D eigenvalue weighted by atomic mass is 10.1. The summed E-state index contributed by atoms with van der Waals surface area (Å²) in [6.45, 7) is 2.95. The highest BCUT2D eigenvalue weighted by atomic mass is 35.5. The van der Waals surface area contributed by atoms with E-state index in [0.717, 1.165) is 19.4 Å². The Kier molecular flexibility index (Phi) is 4.12. The second kappa shape index (κ2) is 5.61. The molecule has 1 aliphatic heterocycles. The minimum Gasteiger partial charge on any atom is -0.398 e. The van der Waals surface area contributed by atoms with E-state index in [-0.39, 0.29) is 5.91 Å². The number of likely N-dealkylation sites (tertiary alicyclic amines) is 1. The number of benzene rings is 1. The van der Waals surface area contributed by atoms with E-state index in [1.165, 1.54) is 12.8 Å². The van der Waals surface area contributed by atoms with Crippen LogP contribution < -0.4 is 5.73 Å². The fourth-order valence-corrected chi connectivity index (χ4v) is 2.58. The number of carbonyl (C=O) groups excluding carboxylic acids is 1. The maximum Gasteiger partial charge on any atom is 0.254 e. The predicted octanol–water partition coefficient (Wildman–Crippen LogP) is 3.33. The zero-order valence-corrected chi connectivity index (χ0v) is 11.4. The van der Waals surface area contributed by atoms with Gasteiger partial charge < -0.3 is 10.6 Å². The van der Waals surface area contributed by atoms with Gasteiger partial charge in [-0.3, -0.25) is 4.79 Å². The lowest BCUT2D eigenvalue weighted by Gasteiger charge is -2.27. The van der Waals surface area contributed by atoms with Crippen molar-refractivity contribution in [2.75, 3.05) is 12.3 Å². The molecule has 2 N–H and O–H groups in total. The van der Waals surface area contributed by atoms with E-state index in [9.17, 15) is 4.79 Å². The average Bonchev–Trinajstić information content (AvgIpc) is 2.56. The van der Waals surface area contributed by atoms with E-state index in [1.807, 2.05) is 4.90 Å². The van der Waals surface area contributed by atoms with Gasteiger partial charge in [0, 0.05) is 18.2 Å². The van der Waals surface area contributed by atoms with Gasteiger partial charge in [0.1, 0.15) is 0 Å². The summed E-state index contributed by atoms with van der Waals surface area (Å²) in [5.41, 5.74) is 6.80. The fraction of sp³-hybridized carbons (Fsp3) is 0.500. The second-order valence-corrected chi connectivity index (χ2v) is 5.34. The first-order chi connectivity index (χ1) is 8.59. The number of hydrogen-bond donors (Lipinski definition) is 1. The minimum atomic E-state index is 0.0614. The number of halogens is 1. The SMILES string of the molecule is CC1CCCCCN1C(=O)c1ccc(N)c(Cl)c1. The van der Waals surface area contributed by atoms with Crippen LogP contribution in [0, 0.1) is 0 Å². The molecule has 1 aliphatic rings. The molecule has 1 aromatic rings. The maximum atomic E-state index is 12.5. The number of anilines is 1. The van der Waals surface area contributed by atoms with Gasteiger partial charge >= 0.3 is 0 Å². The van der Waals surface area contributed by atoms with Crippen LogP contribution in [0.4, 0.5) is 5.69 Å². The van der Waals surface area contributed by atoms with Gasteiger partial charge in [0.25, 0.3) is 5.91 Å². The highest BCUT2D eigenvalue weighted by Crippen LogP contribution is 2.23. The third kappa shape index (κ3) is 2.78. The van der Waals surface area contributed by atoms with Crippen molar-refractivity contribution < 1.29 is 4.79 Å². The molecule has 1 saturated heterocycles. The number of carbonyl (C=O) groups is 1. The van der Waals surface area contributed by atoms with Crippen LogP contribution in [-0.2, 0) is 0 Å². The molecule has 0 radical (unpaired) electrons. The van der Waals surface area contributed by atoms with E-state index in [2.05, 4.69) is 6.92 Å². The van der Waals surface area contributed by atoms with E-state index in [0.29, 0.717) is 22.3 Å². The third-order valence-electron chi connectivity index (χ3n) is 3.56. The summed E-state index contributed by atoms with van der Waals surface area (Å²) in [6, 6.07) is 5.41. The normalized spacial score (nSPS) is 20.6. The zero-order valence-electron chi connectivity index (χ0n) is 10.7. The maximum absolute atomic E-state index is 12.5. The topological polar surface area (TPSA) is 46.3 Å². The van der Waals surface area contributed by atoms with Crippen molar-refractivity contribution in [3.8, 4) is 0 Å². The summed E-state index contributed by atoms with van der Waals surface area (Å²) in [5.74, 6) is 0.0614. The monoisotopic (exact) mass is 266 g/mol. The molecule has 98 valence electrons. The number of nitrogens with zero attached hydrogens (tertiary/aromatic N) is 1. The molecule has 1 fully saturated rings. The van der Waals surface area contributed by atoms with Crippen LogP contribution in [0.2, 0.25) is 5.02 Å². The van der Waals surface area contributed by atoms with E-state index in [4.69, 9.17) is 17.3 Å². The Morgan fingerprint density at radius 3 is 2.89 bits per heavy atom. The Morgan fingerprint density at radius 1 is 1.39 bits per heavy atom. The van der Waals surface area contributed by atoms with Crippen molar-refractivity contribution in [3.63, 3.8) is 0 Å². The molecule has 1 aromatic carbocycles. The first-order valence-electron chi connectivity index (χ1n) is 6.45. The van der Waals surface area contributed by atoms with Crippen LogP contribution in [0.25, 0.3) is 0 Å². The van der Waals surface area contributed by atoms with E-state index < -0.39 is 0 Å². The summed E-state index contributed by atoms with van der Waals surface area (Å²) >= 11 is 5.97. The molecule has 18 heavy (non-hydrogen) atoms. The Morgan fingerprint density at radius 2 is 2.17 bits per heavy atom. The quantitative estimate of drug-likeness (QED) is 0.793. The van der Waals surface area contributed by atoms with Gasteiger partial charge in [-0.2, -0.15) is 0 Å². The predicted molar refractivity (Wildman–Crippen MR) is 74.8 cm³/mol. The van der Waals surface area contributed by atoms with Crippen molar-refractivity contribution >= 4 is 23.2 Å². The largest absolute Gasteiger partial charge is 0.398 e. The Hall–Kier alpha value is -1.22. The highest BCUT2D eigenvalue weighted by Gasteiger charge is 2.23. The number of amides is 1. The fourth-order valence-electron chi connectivity index (χ4n) is 2.40. The van der Waals surface area contributed by atoms with Crippen LogP contribution in [-0.4, -0.2) is 23.4 Å². The third-order valence-corrected chi connectivity index (χ3v) is 3.89. The van der Waals surface area contributed by atoms with Crippen molar-refractivity contribution in [2.24, 2.45) is 0 Å². The van der Waals surface area contributed by atoms with Gasteiger partial charge in [-0.25, -0.2) is 0 Å². The summed E-state index contributed by atoms with van der Waals surface area (Å²) in [4.78, 5) is 14.4. The molecule has 0 saturated carbocycles. The standard InChI is InChI=1S/C14H19ClN2O/c1-10-5-3-2-4-8-17(10)14(18)11-6-7-13(16)12(15)9-11/h6-7,9-10H,2-5,8,16H2,1H3. The van der Waals surface area contributed by atoms with Crippen molar-refractivity contribution in [1.29, 1.82) is 0 Å². The molecule has 1 atom stereocenters. The molecule has 1 unspecified atom stereocenters. The summed E-state index contributed by atoms with van der Waals surface area (Å²) in [5, 5.41) is 0.448. The molecule has 0 aromatic heterocycles. The van der Waals surface area contributed by atoms with Gasteiger partial charge in [0.2, 0.25) is 0 Å². The number of nitrogens with two attached hydrogens (primary N) is 1. The van der Waals surface area contributed by atoms with Crippen molar-refractivity contribution in [3.05, 3.63) is 28.8 Å². The lowest BCUT2D eigenvalue weighted by molar-refractivity contribution is 0.0698. The molecular weight excluding hydrogens is 248 g/mol. The van der Waals surface area contributed by atoms with Crippen molar-refractivity contribution in [1.82, 2.24) is 4.90 Å². The molecule has 1 amide bonds. The molecule has 4 heteroatoms. The molecule has 0 bridgehead atoms. The van der Waals surface area contributed by atoms with Gasteiger partial charge in [0.05, 0.1) is 10.7 Å². The van der Waals surface area contributed by atoms with E-state index >= 15 is 0 Å². The van der Waals surface area contributed by atoms with Gasteiger partial charge in [0.15, 0.2) is 0 Å². The second-order valence-electron chi connectivity index (χ2n) is 4.93. The summed E-state index contributed by atoms with van der Waals surface area (Å²) < 4.78 is 0. The molecular formula is C14H19ClN2O. The van der Waals surface area contributed by atoms with Crippen molar-refractivity contribution in [2.45, 2.75) is 38.6 Å². The van der Waals surface area contributed by atoms with Crippen LogP contribution in [0.1, 0.15) is 43.0 Å².